The van der Waals surface area contributed by atoms with Crippen LogP contribution in [0, 0.1) is 0 Å². The lowest BCUT2D eigenvalue weighted by Crippen LogP contribution is -2.36. The molecule has 0 radical (unpaired) electrons. The minimum absolute atomic E-state index is 0.281. The molecule has 0 aromatic heterocycles. The largest absolute Gasteiger partial charge is 0.480 e. The second-order valence-corrected chi connectivity index (χ2v) is 6.01. The maximum atomic E-state index is 11.7. The number of carbonyl (C=O) groups excluding carboxylic acids is 1. The molecule has 3 N–H and O–H groups in total. The molecule has 0 aliphatic carbocycles. The first-order valence-corrected chi connectivity index (χ1v) is 6.62. The third kappa shape index (κ3) is 2.90. The van der Waals surface area contributed by atoms with Gasteiger partial charge >= 0.3 is 11.9 Å². The summed E-state index contributed by atoms with van der Waals surface area (Å²) in [5.74, 6) is -1.61. The highest BCUT2D eigenvalue weighted by Crippen LogP contribution is 2.33. The van der Waals surface area contributed by atoms with Crippen molar-refractivity contribution in [1.82, 2.24) is 0 Å². The maximum absolute atomic E-state index is 11.7. The number of carboxylic acid groups (broad SMARTS) is 1. The number of benzene rings is 1. The summed E-state index contributed by atoms with van der Waals surface area (Å²) in [5.41, 5.74) is 7.54. The summed E-state index contributed by atoms with van der Waals surface area (Å²) in [5, 5.41) is 9.34. The number of fused-ring (bicyclic) bond motifs is 1. The topological polar surface area (TPSA) is 89.6 Å². The van der Waals surface area contributed by atoms with Crippen LogP contribution < -0.4 is 5.73 Å². The highest BCUT2D eigenvalue weighted by molar-refractivity contribution is 7.97. The molecular formula is C13H15NO4S. The number of carboxylic acids is 1. The second kappa shape index (κ2) is 5.22. The van der Waals surface area contributed by atoms with E-state index in [1.165, 1.54) is 0 Å². The minimum Gasteiger partial charge on any atom is -0.480 e. The SMILES string of the molecule is CC1(C(=O)O)Cc2ccccc2CC(N)C(=O)OS1. The Hall–Kier alpha value is -1.53. The summed E-state index contributed by atoms with van der Waals surface area (Å²) in [7, 11) is 0. The smallest absolute Gasteiger partial charge is 0.335 e. The van der Waals surface area contributed by atoms with Gasteiger partial charge in [0.2, 0.25) is 0 Å². The van der Waals surface area contributed by atoms with E-state index in [-0.39, 0.29) is 6.42 Å². The Morgan fingerprint density at radius 3 is 2.74 bits per heavy atom. The van der Waals surface area contributed by atoms with E-state index in [2.05, 4.69) is 0 Å². The molecule has 102 valence electrons. The third-order valence-electron chi connectivity index (χ3n) is 3.15. The van der Waals surface area contributed by atoms with Crippen molar-refractivity contribution in [3.8, 4) is 0 Å². The van der Waals surface area contributed by atoms with Crippen LogP contribution in [0.4, 0.5) is 0 Å². The van der Waals surface area contributed by atoms with Crippen LogP contribution >= 0.6 is 12.0 Å². The number of aliphatic carboxylic acids is 1. The van der Waals surface area contributed by atoms with Gasteiger partial charge in [-0.05, 0) is 24.5 Å². The molecule has 5 nitrogen and oxygen atoms in total. The fraction of sp³-hybridized carbons (Fsp3) is 0.385. The molecule has 2 unspecified atom stereocenters. The van der Waals surface area contributed by atoms with Gasteiger partial charge in [-0.2, -0.15) is 0 Å². The predicted molar refractivity (Wildman–Crippen MR) is 71.5 cm³/mol. The van der Waals surface area contributed by atoms with Crippen molar-refractivity contribution in [2.45, 2.75) is 30.6 Å². The van der Waals surface area contributed by atoms with Gasteiger partial charge in [-0.1, -0.05) is 24.3 Å². The molecular weight excluding hydrogens is 266 g/mol. The molecule has 0 saturated heterocycles. The van der Waals surface area contributed by atoms with Gasteiger partial charge in [0.25, 0.3) is 0 Å². The van der Waals surface area contributed by atoms with Crippen LogP contribution in [0.5, 0.6) is 0 Å². The molecule has 1 aromatic carbocycles. The van der Waals surface area contributed by atoms with E-state index in [4.69, 9.17) is 9.92 Å². The molecule has 0 amide bonds. The predicted octanol–water partition coefficient (Wildman–Crippen LogP) is 1.15. The molecule has 0 fully saturated rings. The third-order valence-corrected chi connectivity index (χ3v) is 4.08. The first-order valence-electron chi connectivity index (χ1n) is 5.88. The van der Waals surface area contributed by atoms with Gasteiger partial charge in [-0.25, -0.2) is 4.79 Å². The number of carbonyl (C=O) groups is 2. The molecule has 1 aliphatic rings. The zero-order chi connectivity index (χ0) is 14.0. The van der Waals surface area contributed by atoms with Crippen molar-refractivity contribution in [1.29, 1.82) is 0 Å². The fourth-order valence-corrected chi connectivity index (χ4v) is 2.62. The first kappa shape index (κ1) is 13.9. The summed E-state index contributed by atoms with van der Waals surface area (Å²) in [4.78, 5) is 23.1. The van der Waals surface area contributed by atoms with E-state index in [1.54, 1.807) is 6.92 Å². The average molecular weight is 281 g/mol. The van der Waals surface area contributed by atoms with E-state index in [0.717, 1.165) is 11.1 Å². The highest BCUT2D eigenvalue weighted by Gasteiger charge is 2.39. The van der Waals surface area contributed by atoms with E-state index >= 15 is 0 Å². The van der Waals surface area contributed by atoms with Crippen LogP contribution in [-0.4, -0.2) is 27.8 Å². The average Bonchev–Trinajstić information content (AvgIpc) is 2.41. The van der Waals surface area contributed by atoms with Crippen molar-refractivity contribution >= 4 is 24.0 Å². The van der Waals surface area contributed by atoms with Gasteiger partial charge in [0, 0.05) is 6.42 Å². The van der Waals surface area contributed by atoms with Crippen molar-refractivity contribution < 1.29 is 18.9 Å². The second-order valence-electron chi connectivity index (χ2n) is 4.78. The summed E-state index contributed by atoms with van der Waals surface area (Å²) in [6, 6.07) is 6.64. The molecule has 1 heterocycles. The summed E-state index contributed by atoms with van der Waals surface area (Å²) >= 11 is 0.667. The lowest BCUT2D eigenvalue weighted by Gasteiger charge is -2.22. The van der Waals surface area contributed by atoms with Crippen LogP contribution in [-0.2, 0) is 26.6 Å². The Kier molecular flexibility index (Phi) is 3.82. The number of nitrogens with two attached hydrogens (primary N) is 1. The molecule has 2 rings (SSSR count). The van der Waals surface area contributed by atoms with Crippen LogP contribution in [0.15, 0.2) is 24.3 Å². The molecule has 6 heteroatoms. The zero-order valence-corrected chi connectivity index (χ0v) is 11.3. The molecule has 19 heavy (non-hydrogen) atoms. The standard InChI is InChI=1S/C13H15NO4S/c1-13(12(16)17)7-9-5-3-2-4-8(9)6-10(14)11(15)18-19-13/h2-5,10H,6-7,14H2,1H3,(H,16,17). The van der Waals surface area contributed by atoms with Crippen molar-refractivity contribution in [2.75, 3.05) is 0 Å². The maximum Gasteiger partial charge on any atom is 0.335 e. The van der Waals surface area contributed by atoms with Gasteiger partial charge in [0.05, 0.1) is 12.0 Å². The number of hydrogen-bond donors (Lipinski definition) is 2. The van der Waals surface area contributed by atoms with Crippen LogP contribution in [0.1, 0.15) is 18.1 Å². The molecule has 1 aromatic rings. The van der Waals surface area contributed by atoms with Crippen LogP contribution in [0.2, 0.25) is 0 Å². The summed E-state index contributed by atoms with van der Waals surface area (Å²) in [6.45, 7) is 1.54. The van der Waals surface area contributed by atoms with Crippen molar-refractivity contribution in [3.05, 3.63) is 35.4 Å². The van der Waals surface area contributed by atoms with Crippen LogP contribution in [0.25, 0.3) is 0 Å². The lowest BCUT2D eigenvalue weighted by molar-refractivity contribution is -0.139. The fourth-order valence-electron chi connectivity index (χ4n) is 1.95. The highest BCUT2D eigenvalue weighted by atomic mass is 32.2. The summed E-state index contributed by atoms with van der Waals surface area (Å²) in [6.07, 6.45) is 0.633. The van der Waals surface area contributed by atoms with E-state index in [9.17, 15) is 14.7 Å². The molecule has 1 aliphatic heterocycles. The van der Waals surface area contributed by atoms with Gasteiger partial charge in [0.1, 0.15) is 6.04 Å². The van der Waals surface area contributed by atoms with Gasteiger partial charge in [-0.15, -0.1) is 0 Å². The Balaban J connectivity index is 2.44. The van der Waals surface area contributed by atoms with E-state index in [0.29, 0.717) is 18.5 Å². The zero-order valence-electron chi connectivity index (χ0n) is 10.5. The normalized spacial score (nSPS) is 27.5. The monoisotopic (exact) mass is 281 g/mol. The van der Waals surface area contributed by atoms with Gasteiger partial charge in [0.15, 0.2) is 4.75 Å². The minimum atomic E-state index is -1.21. The van der Waals surface area contributed by atoms with Crippen molar-refractivity contribution in [2.24, 2.45) is 5.73 Å². The Bertz CT molecular complexity index is 519. The number of rotatable bonds is 1. The van der Waals surface area contributed by atoms with Gasteiger partial charge < -0.3 is 15.0 Å². The quantitative estimate of drug-likeness (QED) is 0.750. The van der Waals surface area contributed by atoms with Gasteiger partial charge in [-0.3, -0.25) is 4.79 Å². The Morgan fingerprint density at radius 2 is 2.11 bits per heavy atom. The first-order chi connectivity index (χ1) is 8.92. The molecule has 0 bridgehead atoms. The Morgan fingerprint density at radius 1 is 1.47 bits per heavy atom. The number of hydrogen-bond acceptors (Lipinski definition) is 5. The van der Waals surface area contributed by atoms with E-state index in [1.807, 2.05) is 24.3 Å². The Labute approximate surface area is 115 Å². The van der Waals surface area contributed by atoms with E-state index < -0.39 is 22.7 Å². The lowest BCUT2D eigenvalue weighted by atomic mass is 9.93. The molecule has 0 saturated carbocycles. The molecule has 0 spiro atoms. The van der Waals surface area contributed by atoms with Crippen LogP contribution in [0.3, 0.4) is 0 Å². The molecule has 2 atom stereocenters. The summed E-state index contributed by atoms with van der Waals surface area (Å²) < 4.78 is 3.74. The van der Waals surface area contributed by atoms with Crippen molar-refractivity contribution in [3.63, 3.8) is 0 Å².